The second-order valence-electron chi connectivity index (χ2n) is 12.1. The number of halogens is 1. The van der Waals surface area contributed by atoms with E-state index in [0.29, 0.717) is 46.1 Å². The third-order valence-corrected chi connectivity index (χ3v) is 7.60. The number of benzene rings is 1. The Morgan fingerprint density at radius 3 is 2.34 bits per heavy atom. The van der Waals surface area contributed by atoms with E-state index in [1.54, 1.807) is 12.3 Å². The summed E-state index contributed by atoms with van der Waals surface area (Å²) in [6.07, 6.45) is 6.43. The maximum absolute atomic E-state index is 14.6. The molecule has 0 aliphatic heterocycles. The third kappa shape index (κ3) is 6.74. The number of nitrogens with one attached hydrogen (secondary N) is 3. The van der Waals surface area contributed by atoms with Gasteiger partial charge in [-0.05, 0) is 84.3 Å². The summed E-state index contributed by atoms with van der Waals surface area (Å²) < 4.78 is 31.3. The van der Waals surface area contributed by atoms with Crippen molar-refractivity contribution in [3.63, 3.8) is 0 Å². The summed E-state index contributed by atoms with van der Waals surface area (Å²) in [5.41, 5.74) is 3.24. The Morgan fingerprint density at radius 1 is 1.02 bits per heavy atom. The van der Waals surface area contributed by atoms with Gasteiger partial charge in [0.05, 0.1) is 24.8 Å². The van der Waals surface area contributed by atoms with E-state index in [9.17, 15) is 14.0 Å². The molecule has 2 heterocycles. The van der Waals surface area contributed by atoms with Crippen molar-refractivity contribution < 1.29 is 28.2 Å². The van der Waals surface area contributed by atoms with Crippen LogP contribution in [0, 0.1) is 18.7 Å². The summed E-state index contributed by atoms with van der Waals surface area (Å²) in [6.45, 7) is 7.88. The van der Waals surface area contributed by atoms with Gasteiger partial charge in [-0.25, -0.2) is 9.18 Å². The van der Waals surface area contributed by atoms with E-state index in [1.165, 1.54) is 13.2 Å². The summed E-state index contributed by atoms with van der Waals surface area (Å²) >= 11 is 0. The standard InChI is InChI=1S/C31H39FN4O5/c1-17-26(29(37)35-19-8-10-20(11-9-19)36-30(38)41-31(2,3)4)28-27(34-17)21(12-13-33-28)22-14-25(39-5)23(32)15-24(22)40-16-18-6-7-18/h12-15,18-20,34H,6-11,16H2,1-5H3,(H,35,37)(H,36,38). The highest BCUT2D eigenvalue weighted by Crippen LogP contribution is 2.40. The minimum absolute atomic E-state index is 0.0149. The summed E-state index contributed by atoms with van der Waals surface area (Å²) in [5, 5.41) is 6.10. The molecule has 3 N–H and O–H groups in total. The molecule has 220 valence electrons. The van der Waals surface area contributed by atoms with Crippen LogP contribution < -0.4 is 20.1 Å². The van der Waals surface area contributed by atoms with Crippen LogP contribution in [-0.2, 0) is 4.74 Å². The zero-order chi connectivity index (χ0) is 29.3. The first-order valence-electron chi connectivity index (χ1n) is 14.3. The molecule has 2 aliphatic carbocycles. The molecule has 2 aromatic heterocycles. The van der Waals surface area contributed by atoms with Crippen LogP contribution >= 0.6 is 0 Å². The summed E-state index contributed by atoms with van der Waals surface area (Å²) in [7, 11) is 1.43. The Hall–Kier alpha value is -3.82. The fourth-order valence-corrected chi connectivity index (χ4v) is 5.34. The number of aromatic nitrogens is 2. The molecule has 1 aromatic carbocycles. The van der Waals surface area contributed by atoms with Gasteiger partial charge in [0.2, 0.25) is 0 Å². The fraction of sp³-hybridized carbons (Fsp3) is 0.516. The van der Waals surface area contributed by atoms with E-state index in [4.69, 9.17) is 14.2 Å². The zero-order valence-electron chi connectivity index (χ0n) is 24.4. The van der Waals surface area contributed by atoms with Gasteiger partial charge < -0.3 is 29.8 Å². The topological polar surface area (TPSA) is 115 Å². The molecule has 2 aliphatic rings. The summed E-state index contributed by atoms with van der Waals surface area (Å²) in [5.74, 6) is 0.339. The van der Waals surface area contributed by atoms with Gasteiger partial charge in [0.1, 0.15) is 16.9 Å². The molecule has 0 spiro atoms. The molecule has 10 heteroatoms. The number of pyridine rings is 1. The number of carbonyl (C=O) groups excluding carboxylic acids is 2. The van der Waals surface area contributed by atoms with Crippen molar-refractivity contribution >= 4 is 23.0 Å². The molecule has 3 aromatic rings. The van der Waals surface area contributed by atoms with E-state index in [-0.39, 0.29) is 23.7 Å². The average molecular weight is 567 g/mol. The van der Waals surface area contributed by atoms with Crippen LogP contribution in [0.2, 0.25) is 0 Å². The number of hydrogen-bond acceptors (Lipinski definition) is 6. The maximum atomic E-state index is 14.6. The number of hydrogen-bond donors (Lipinski definition) is 3. The lowest BCUT2D eigenvalue weighted by Crippen LogP contribution is -2.45. The Bertz CT molecular complexity index is 1430. The highest BCUT2D eigenvalue weighted by Gasteiger charge is 2.28. The predicted molar refractivity (Wildman–Crippen MR) is 154 cm³/mol. The summed E-state index contributed by atoms with van der Waals surface area (Å²) in [4.78, 5) is 33.5. The second kappa shape index (κ2) is 11.6. The van der Waals surface area contributed by atoms with E-state index in [2.05, 4.69) is 20.6 Å². The lowest BCUT2D eigenvalue weighted by molar-refractivity contribution is 0.0488. The van der Waals surface area contributed by atoms with Crippen LogP contribution in [0.5, 0.6) is 11.5 Å². The van der Waals surface area contributed by atoms with Crippen molar-refractivity contribution in [2.45, 2.75) is 83.9 Å². The minimum Gasteiger partial charge on any atom is -0.494 e. The van der Waals surface area contributed by atoms with Crippen molar-refractivity contribution in [2.24, 2.45) is 5.92 Å². The molecule has 2 saturated carbocycles. The van der Waals surface area contributed by atoms with Gasteiger partial charge in [0.15, 0.2) is 11.6 Å². The van der Waals surface area contributed by atoms with Crippen molar-refractivity contribution in [1.82, 2.24) is 20.6 Å². The van der Waals surface area contributed by atoms with Gasteiger partial charge in [-0.1, -0.05) is 0 Å². The van der Waals surface area contributed by atoms with Crippen molar-refractivity contribution in [3.8, 4) is 22.6 Å². The van der Waals surface area contributed by atoms with Gasteiger partial charge >= 0.3 is 6.09 Å². The molecule has 0 radical (unpaired) electrons. The van der Waals surface area contributed by atoms with Crippen LogP contribution in [-0.4, -0.2) is 53.4 Å². The highest BCUT2D eigenvalue weighted by molar-refractivity contribution is 6.09. The number of carbonyl (C=O) groups is 2. The number of fused-ring (bicyclic) bond motifs is 1. The zero-order valence-corrected chi connectivity index (χ0v) is 24.4. The first-order chi connectivity index (χ1) is 19.5. The Kier molecular flexibility index (Phi) is 8.11. The smallest absolute Gasteiger partial charge is 0.407 e. The van der Waals surface area contributed by atoms with E-state index in [0.717, 1.165) is 44.1 Å². The Balaban J connectivity index is 1.33. The third-order valence-electron chi connectivity index (χ3n) is 7.60. The number of nitrogens with zero attached hydrogens (tertiary/aromatic N) is 1. The normalized spacial score (nSPS) is 19.1. The quantitative estimate of drug-likeness (QED) is 0.306. The number of ether oxygens (including phenoxy) is 3. The Labute approximate surface area is 239 Å². The lowest BCUT2D eigenvalue weighted by Gasteiger charge is -2.30. The SMILES string of the molecule is COc1cc(-c2ccnc3c(C(=O)NC4CCC(NC(=O)OC(C)(C)C)CC4)c(C)[nH]c23)c(OCC2CC2)cc1F. The highest BCUT2D eigenvalue weighted by atomic mass is 19.1. The molecule has 5 rings (SSSR count). The van der Waals surface area contributed by atoms with Crippen LogP contribution in [0.15, 0.2) is 24.4 Å². The van der Waals surface area contributed by atoms with Gasteiger partial charge in [-0.2, -0.15) is 0 Å². The van der Waals surface area contributed by atoms with E-state index in [1.807, 2.05) is 33.8 Å². The molecular formula is C31H39FN4O5. The van der Waals surface area contributed by atoms with E-state index >= 15 is 0 Å². The number of alkyl carbamates (subject to hydrolysis) is 1. The number of H-pyrrole nitrogens is 1. The Morgan fingerprint density at radius 2 is 1.71 bits per heavy atom. The molecule has 2 amide bonds. The van der Waals surface area contributed by atoms with E-state index < -0.39 is 17.5 Å². The first-order valence-corrected chi connectivity index (χ1v) is 14.3. The average Bonchev–Trinajstić information content (AvgIpc) is 3.67. The largest absolute Gasteiger partial charge is 0.494 e. The molecule has 0 atom stereocenters. The monoisotopic (exact) mass is 566 g/mol. The number of amides is 2. The lowest BCUT2D eigenvalue weighted by atomic mass is 9.91. The number of methoxy groups -OCH3 is 1. The molecule has 2 fully saturated rings. The number of rotatable bonds is 8. The van der Waals surface area contributed by atoms with Gasteiger partial charge in [0.25, 0.3) is 5.91 Å². The molecule has 9 nitrogen and oxygen atoms in total. The molecule has 0 saturated heterocycles. The fourth-order valence-electron chi connectivity index (χ4n) is 5.34. The second-order valence-corrected chi connectivity index (χ2v) is 12.1. The first kappa shape index (κ1) is 28.7. The van der Waals surface area contributed by atoms with Gasteiger partial charge in [0, 0.05) is 41.2 Å². The number of aromatic amines is 1. The van der Waals surface area contributed by atoms with Gasteiger partial charge in [-0.15, -0.1) is 0 Å². The van der Waals surface area contributed by atoms with Crippen LogP contribution in [0.25, 0.3) is 22.2 Å². The van der Waals surface area contributed by atoms with Crippen LogP contribution in [0.4, 0.5) is 9.18 Å². The van der Waals surface area contributed by atoms with Crippen LogP contribution in [0.3, 0.4) is 0 Å². The minimum atomic E-state index is -0.547. The maximum Gasteiger partial charge on any atom is 0.407 e. The van der Waals surface area contributed by atoms with Crippen molar-refractivity contribution in [1.29, 1.82) is 0 Å². The predicted octanol–water partition coefficient (Wildman–Crippen LogP) is 6.04. The molecular weight excluding hydrogens is 527 g/mol. The molecule has 41 heavy (non-hydrogen) atoms. The summed E-state index contributed by atoms with van der Waals surface area (Å²) in [6, 6.07) is 4.82. The molecule has 0 bridgehead atoms. The number of aryl methyl sites for hydroxylation is 1. The van der Waals surface area contributed by atoms with Gasteiger partial charge in [-0.3, -0.25) is 9.78 Å². The molecule has 0 unspecified atom stereocenters. The van der Waals surface area contributed by atoms with Crippen molar-refractivity contribution in [2.75, 3.05) is 13.7 Å². The van der Waals surface area contributed by atoms with Crippen molar-refractivity contribution in [3.05, 3.63) is 41.5 Å². The van der Waals surface area contributed by atoms with Crippen LogP contribution in [0.1, 0.15) is 75.3 Å².